The summed E-state index contributed by atoms with van der Waals surface area (Å²) in [5.74, 6) is -0.502. The van der Waals surface area contributed by atoms with Crippen LogP contribution in [0.4, 0.5) is 0 Å². The van der Waals surface area contributed by atoms with Gasteiger partial charge in [-0.2, -0.15) is 0 Å². The first kappa shape index (κ1) is 16.2. The lowest BCUT2D eigenvalue weighted by molar-refractivity contribution is -0.146. The maximum atomic E-state index is 12.0. The van der Waals surface area contributed by atoms with Crippen LogP contribution >= 0.6 is 12.4 Å². The molecule has 1 fully saturated rings. The fourth-order valence-corrected chi connectivity index (χ4v) is 1.86. The molecule has 6 heteroatoms. The van der Waals surface area contributed by atoms with Crippen LogP contribution in [0.5, 0.6) is 0 Å². The van der Waals surface area contributed by atoms with Crippen LogP contribution in [0.3, 0.4) is 0 Å². The normalized spacial score (nSPS) is 25.4. The van der Waals surface area contributed by atoms with Crippen LogP contribution in [0.15, 0.2) is 0 Å². The maximum absolute atomic E-state index is 12.0. The van der Waals surface area contributed by atoms with Crippen molar-refractivity contribution < 1.29 is 14.3 Å². The lowest BCUT2D eigenvalue weighted by Crippen LogP contribution is -2.52. The van der Waals surface area contributed by atoms with Gasteiger partial charge in [0.1, 0.15) is 6.04 Å². The molecule has 1 amide bonds. The Morgan fingerprint density at radius 3 is 2.59 bits per heavy atom. The molecule has 5 nitrogen and oxygen atoms in total. The van der Waals surface area contributed by atoms with E-state index in [4.69, 9.17) is 0 Å². The third-order valence-electron chi connectivity index (χ3n) is 3.05. The Morgan fingerprint density at radius 1 is 1.47 bits per heavy atom. The molecule has 1 rings (SSSR count). The largest absolute Gasteiger partial charge is 0.467 e. The van der Waals surface area contributed by atoms with E-state index >= 15 is 0 Å². The monoisotopic (exact) mass is 264 g/mol. The number of methoxy groups -OCH3 is 1. The number of piperidine rings is 1. The van der Waals surface area contributed by atoms with Gasteiger partial charge in [0.15, 0.2) is 0 Å². The minimum absolute atomic E-state index is 0. The van der Waals surface area contributed by atoms with Crippen molar-refractivity contribution in [1.29, 1.82) is 0 Å². The molecule has 0 radical (unpaired) electrons. The Morgan fingerprint density at radius 2 is 2.12 bits per heavy atom. The molecule has 0 bridgehead atoms. The summed E-state index contributed by atoms with van der Waals surface area (Å²) in [6.07, 6.45) is 1.83. The van der Waals surface area contributed by atoms with Crippen LogP contribution in [0, 0.1) is 5.41 Å². The second-order valence-corrected chi connectivity index (χ2v) is 4.56. The molecule has 0 aromatic rings. The fraction of sp³-hybridized carbons (Fsp3) is 0.818. The summed E-state index contributed by atoms with van der Waals surface area (Å²) in [5, 5.41) is 5.88. The second kappa shape index (κ2) is 6.81. The van der Waals surface area contributed by atoms with E-state index in [1.165, 1.54) is 7.11 Å². The zero-order valence-corrected chi connectivity index (χ0v) is 11.4. The fourth-order valence-electron chi connectivity index (χ4n) is 1.86. The summed E-state index contributed by atoms with van der Waals surface area (Å²) >= 11 is 0. The van der Waals surface area contributed by atoms with Gasteiger partial charge in [0, 0.05) is 6.54 Å². The topological polar surface area (TPSA) is 67.4 Å². The van der Waals surface area contributed by atoms with E-state index in [0.29, 0.717) is 6.54 Å². The van der Waals surface area contributed by atoms with Crippen LogP contribution in [0.25, 0.3) is 0 Å². The number of halogens is 1. The molecule has 0 spiro atoms. The molecule has 1 heterocycles. The van der Waals surface area contributed by atoms with E-state index in [2.05, 4.69) is 15.4 Å². The number of esters is 1. The number of carbonyl (C=O) groups excluding carboxylic acids is 2. The van der Waals surface area contributed by atoms with Crippen molar-refractivity contribution in [3.05, 3.63) is 0 Å². The molecule has 1 saturated heterocycles. The molecular formula is C11H21ClN2O3. The first-order chi connectivity index (χ1) is 7.49. The zero-order chi connectivity index (χ0) is 12.2. The van der Waals surface area contributed by atoms with E-state index < -0.39 is 17.4 Å². The smallest absolute Gasteiger partial charge is 0.328 e. The highest BCUT2D eigenvalue weighted by Crippen LogP contribution is 2.25. The van der Waals surface area contributed by atoms with Crippen molar-refractivity contribution in [3.8, 4) is 0 Å². The number of rotatable bonds is 3. The molecule has 2 atom stereocenters. The Labute approximate surface area is 108 Å². The third-order valence-corrected chi connectivity index (χ3v) is 3.05. The average molecular weight is 265 g/mol. The summed E-state index contributed by atoms with van der Waals surface area (Å²) < 4.78 is 4.56. The van der Waals surface area contributed by atoms with Crippen molar-refractivity contribution in [3.63, 3.8) is 0 Å². The van der Waals surface area contributed by atoms with Gasteiger partial charge in [0.05, 0.1) is 12.5 Å². The molecule has 0 saturated carbocycles. The summed E-state index contributed by atoms with van der Waals surface area (Å²) in [6.45, 7) is 5.16. The summed E-state index contributed by atoms with van der Waals surface area (Å²) in [5.41, 5.74) is -0.416. The van der Waals surface area contributed by atoms with E-state index in [1.54, 1.807) is 6.92 Å². The van der Waals surface area contributed by atoms with Crippen molar-refractivity contribution in [2.24, 2.45) is 5.41 Å². The molecule has 1 aliphatic rings. The van der Waals surface area contributed by atoms with Crippen molar-refractivity contribution in [2.75, 3.05) is 20.2 Å². The van der Waals surface area contributed by atoms with Gasteiger partial charge in [-0.3, -0.25) is 4.79 Å². The van der Waals surface area contributed by atoms with Gasteiger partial charge in [0.25, 0.3) is 0 Å². The number of hydrogen-bond acceptors (Lipinski definition) is 4. The Hall–Kier alpha value is -0.810. The van der Waals surface area contributed by atoms with Gasteiger partial charge in [-0.1, -0.05) is 0 Å². The number of nitrogens with one attached hydrogen (secondary N) is 2. The molecule has 100 valence electrons. The van der Waals surface area contributed by atoms with Crippen molar-refractivity contribution in [2.45, 2.75) is 32.7 Å². The Balaban J connectivity index is 0.00000256. The van der Waals surface area contributed by atoms with Gasteiger partial charge >= 0.3 is 5.97 Å². The average Bonchev–Trinajstić information content (AvgIpc) is 2.28. The van der Waals surface area contributed by atoms with Crippen molar-refractivity contribution in [1.82, 2.24) is 10.6 Å². The molecule has 0 aliphatic carbocycles. The van der Waals surface area contributed by atoms with Crippen LogP contribution < -0.4 is 10.6 Å². The molecule has 1 aliphatic heterocycles. The van der Waals surface area contributed by atoms with Gasteiger partial charge < -0.3 is 15.4 Å². The standard InChI is InChI=1S/C11H20N2O3.ClH/c1-8(9(14)16-3)13-10(15)11(2)5-4-6-12-7-11;/h8,12H,4-7H2,1-3H3,(H,13,15);1H. The minimum atomic E-state index is -0.587. The minimum Gasteiger partial charge on any atom is -0.467 e. The quantitative estimate of drug-likeness (QED) is 0.728. The molecule has 2 unspecified atom stereocenters. The van der Waals surface area contributed by atoms with Crippen LogP contribution in [-0.2, 0) is 14.3 Å². The molecule has 0 aromatic carbocycles. The van der Waals surface area contributed by atoms with Crippen LogP contribution in [-0.4, -0.2) is 38.1 Å². The second-order valence-electron chi connectivity index (χ2n) is 4.56. The summed E-state index contributed by atoms with van der Waals surface area (Å²) in [7, 11) is 1.31. The van der Waals surface area contributed by atoms with Gasteiger partial charge in [-0.25, -0.2) is 4.79 Å². The summed E-state index contributed by atoms with van der Waals surface area (Å²) in [6, 6.07) is -0.587. The van der Waals surface area contributed by atoms with Gasteiger partial charge in [-0.05, 0) is 33.2 Å². The van der Waals surface area contributed by atoms with E-state index in [0.717, 1.165) is 19.4 Å². The zero-order valence-electron chi connectivity index (χ0n) is 10.5. The molecule has 0 aromatic heterocycles. The lowest BCUT2D eigenvalue weighted by atomic mass is 9.82. The predicted molar refractivity (Wildman–Crippen MR) is 67.1 cm³/mol. The van der Waals surface area contributed by atoms with Crippen LogP contribution in [0.2, 0.25) is 0 Å². The summed E-state index contributed by atoms with van der Waals surface area (Å²) in [4.78, 5) is 23.2. The maximum Gasteiger partial charge on any atom is 0.328 e. The van der Waals surface area contributed by atoms with Crippen molar-refractivity contribution >= 4 is 24.3 Å². The van der Waals surface area contributed by atoms with E-state index in [1.807, 2.05) is 6.92 Å². The Kier molecular flexibility index (Phi) is 6.49. The SMILES string of the molecule is COC(=O)C(C)NC(=O)C1(C)CCCNC1.Cl. The number of ether oxygens (including phenoxy) is 1. The molecule has 2 N–H and O–H groups in total. The Bertz CT molecular complexity index is 278. The van der Waals surface area contributed by atoms with E-state index in [9.17, 15) is 9.59 Å². The van der Waals surface area contributed by atoms with Gasteiger partial charge in [0.2, 0.25) is 5.91 Å². The third kappa shape index (κ3) is 4.16. The molecule has 17 heavy (non-hydrogen) atoms. The van der Waals surface area contributed by atoms with Gasteiger partial charge in [-0.15, -0.1) is 12.4 Å². The number of hydrogen-bond donors (Lipinski definition) is 2. The molecular weight excluding hydrogens is 244 g/mol. The van der Waals surface area contributed by atoms with E-state index in [-0.39, 0.29) is 18.3 Å². The predicted octanol–water partition coefficient (Wildman–Crippen LogP) is 0.476. The first-order valence-electron chi connectivity index (χ1n) is 5.59. The number of carbonyl (C=O) groups is 2. The highest BCUT2D eigenvalue weighted by molar-refractivity contribution is 5.87. The lowest BCUT2D eigenvalue weighted by Gasteiger charge is -2.33. The first-order valence-corrected chi connectivity index (χ1v) is 5.59. The highest BCUT2D eigenvalue weighted by Gasteiger charge is 2.35. The number of amides is 1. The van der Waals surface area contributed by atoms with Crippen LogP contribution in [0.1, 0.15) is 26.7 Å². The highest BCUT2D eigenvalue weighted by atomic mass is 35.5.